The third-order valence-corrected chi connectivity index (χ3v) is 5.41. The van der Waals surface area contributed by atoms with E-state index in [1.807, 2.05) is 20.8 Å². The second kappa shape index (κ2) is 10.7. The minimum Gasteiger partial charge on any atom is -0.507 e. The molecule has 7 heteroatoms. The highest BCUT2D eigenvalue weighted by Crippen LogP contribution is 2.39. The molecule has 0 bridgehead atoms. The number of hydrogen-bond acceptors (Lipinski definition) is 5. The van der Waals surface area contributed by atoms with Crippen LogP contribution in [0.4, 0.5) is 0 Å². The van der Waals surface area contributed by atoms with Crippen LogP contribution >= 0.6 is 11.6 Å². The number of carbonyl (C=O) groups excluding carboxylic acids is 2. The molecule has 1 N–H and O–H groups in total. The van der Waals surface area contributed by atoms with E-state index in [0.29, 0.717) is 48.1 Å². The lowest BCUT2D eigenvalue weighted by Crippen LogP contribution is -2.31. The molecule has 170 valence electrons. The number of amides is 1. The number of ketones is 1. The molecule has 1 aliphatic rings. The minimum absolute atomic E-state index is 0.0614. The summed E-state index contributed by atoms with van der Waals surface area (Å²) in [6.07, 6.45) is 0.649. The maximum atomic E-state index is 13.0. The Bertz CT molecular complexity index is 982. The zero-order chi connectivity index (χ0) is 23.3. The van der Waals surface area contributed by atoms with E-state index in [-0.39, 0.29) is 17.4 Å². The van der Waals surface area contributed by atoms with E-state index in [9.17, 15) is 14.7 Å². The van der Waals surface area contributed by atoms with Gasteiger partial charge in [-0.3, -0.25) is 9.59 Å². The molecular formula is C25H28ClNO5. The van der Waals surface area contributed by atoms with Crippen LogP contribution in [0.2, 0.25) is 5.02 Å². The Balaban J connectivity index is 1.99. The van der Waals surface area contributed by atoms with E-state index in [1.54, 1.807) is 48.5 Å². The van der Waals surface area contributed by atoms with Gasteiger partial charge < -0.3 is 19.5 Å². The Hall–Kier alpha value is -2.83. The summed E-state index contributed by atoms with van der Waals surface area (Å²) in [7, 11) is 0. The van der Waals surface area contributed by atoms with Gasteiger partial charge in [-0.2, -0.15) is 0 Å². The van der Waals surface area contributed by atoms with Crippen molar-refractivity contribution in [3.05, 3.63) is 70.3 Å². The number of carbonyl (C=O) groups is 2. The van der Waals surface area contributed by atoms with Crippen molar-refractivity contribution in [2.75, 3.05) is 19.8 Å². The molecule has 1 heterocycles. The Labute approximate surface area is 193 Å². The van der Waals surface area contributed by atoms with Gasteiger partial charge in [0.2, 0.25) is 0 Å². The van der Waals surface area contributed by atoms with Gasteiger partial charge in [0.15, 0.2) is 0 Å². The molecule has 2 aromatic carbocycles. The van der Waals surface area contributed by atoms with Crippen molar-refractivity contribution in [3.63, 3.8) is 0 Å². The van der Waals surface area contributed by atoms with Crippen LogP contribution < -0.4 is 4.74 Å². The van der Waals surface area contributed by atoms with Gasteiger partial charge in [-0.1, -0.05) is 23.7 Å². The number of nitrogens with zero attached hydrogens (tertiary/aromatic N) is 1. The second-order valence-corrected chi connectivity index (χ2v) is 8.21. The first-order valence-electron chi connectivity index (χ1n) is 10.7. The summed E-state index contributed by atoms with van der Waals surface area (Å²) in [6, 6.07) is 13.0. The van der Waals surface area contributed by atoms with E-state index in [0.717, 1.165) is 0 Å². The lowest BCUT2D eigenvalue weighted by Gasteiger charge is -2.25. The van der Waals surface area contributed by atoms with E-state index in [2.05, 4.69) is 0 Å². The lowest BCUT2D eigenvalue weighted by atomic mass is 9.95. The first kappa shape index (κ1) is 23.8. The molecular weight excluding hydrogens is 430 g/mol. The fraction of sp³-hybridized carbons (Fsp3) is 0.360. The third kappa shape index (κ3) is 5.31. The molecule has 32 heavy (non-hydrogen) atoms. The van der Waals surface area contributed by atoms with Gasteiger partial charge in [0.05, 0.1) is 24.3 Å². The predicted octanol–water partition coefficient (Wildman–Crippen LogP) is 4.98. The van der Waals surface area contributed by atoms with Gasteiger partial charge in [0.1, 0.15) is 11.5 Å². The average Bonchev–Trinajstić information content (AvgIpc) is 3.02. The number of ether oxygens (including phenoxy) is 2. The zero-order valence-electron chi connectivity index (χ0n) is 18.5. The maximum absolute atomic E-state index is 13.0. The van der Waals surface area contributed by atoms with Crippen LogP contribution in [0, 0.1) is 0 Å². The van der Waals surface area contributed by atoms with Gasteiger partial charge in [0.25, 0.3) is 11.7 Å². The van der Waals surface area contributed by atoms with Crippen molar-refractivity contribution in [1.29, 1.82) is 0 Å². The Morgan fingerprint density at radius 1 is 1.09 bits per heavy atom. The largest absolute Gasteiger partial charge is 0.507 e. The molecule has 0 spiro atoms. The number of hydrogen-bond donors (Lipinski definition) is 1. The molecule has 0 radical (unpaired) electrons. The van der Waals surface area contributed by atoms with Crippen LogP contribution in [-0.2, 0) is 14.3 Å². The zero-order valence-corrected chi connectivity index (χ0v) is 19.3. The summed E-state index contributed by atoms with van der Waals surface area (Å²) in [4.78, 5) is 27.4. The van der Waals surface area contributed by atoms with E-state index in [1.165, 1.54) is 4.90 Å². The number of benzene rings is 2. The second-order valence-electron chi connectivity index (χ2n) is 7.77. The number of aliphatic hydroxyl groups is 1. The maximum Gasteiger partial charge on any atom is 0.295 e. The fourth-order valence-corrected chi connectivity index (χ4v) is 3.81. The SMILES string of the molecule is CCOc1ccc(/C(O)=C2/C(=O)C(=O)N(CCCOC(C)C)C2c2ccc(Cl)cc2)cc1. The molecule has 1 aliphatic heterocycles. The quantitative estimate of drug-likeness (QED) is 0.249. The van der Waals surface area contributed by atoms with Crippen LogP contribution in [0.3, 0.4) is 0 Å². The van der Waals surface area contributed by atoms with Crippen molar-refractivity contribution < 1.29 is 24.2 Å². The Morgan fingerprint density at radius 2 is 1.75 bits per heavy atom. The summed E-state index contributed by atoms with van der Waals surface area (Å²) in [6.45, 7) is 7.08. The van der Waals surface area contributed by atoms with Crippen LogP contribution in [0.1, 0.15) is 44.4 Å². The molecule has 1 amide bonds. The number of Topliss-reactive ketones (excluding diaryl/α,β-unsaturated/α-hetero) is 1. The van der Waals surface area contributed by atoms with Crippen molar-refractivity contribution in [1.82, 2.24) is 4.90 Å². The smallest absolute Gasteiger partial charge is 0.295 e. The van der Waals surface area contributed by atoms with E-state index in [4.69, 9.17) is 21.1 Å². The van der Waals surface area contributed by atoms with Gasteiger partial charge in [0, 0.05) is 23.7 Å². The third-order valence-electron chi connectivity index (χ3n) is 5.16. The highest BCUT2D eigenvalue weighted by atomic mass is 35.5. The molecule has 1 unspecified atom stereocenters. The van der Waals surface area contributed by atoms with Crippen LogP contribution in [0.25, 0.3) is 5.76 Å². The summed E-state index contributed by atoms with van der Waals surface area (Å²) in [5.41, 5.74) is 1.20. The summed E-state index contributed by atoms with van der Waals surface area (Å²) >= 11 is 6.04. The molecule has 0 saturated carbocycles. The Morgan fingerprint density at radius 3 is 2.34 bits per heavy atom. The summed E-state index contributed by atoms with van der Waals surface area (Å²) in [5, 5.41) is 11.6. The number of likely N-dealkylation sites (tertiary alicyclic amines) is 1. The van der Waals surface area contributed by atoms with Crippen molar-refractivity contribution in [2.45, 2.75) is 39.3 Å². The molecule has 0 aliphatic carbocycles. The minimum atomic E-state index is -0.710. The summed E-state index contributed by atoms with van der Waals surface area (Å²) < 4.78 is 11.0. The molecule has 2 aromatic rings. The number of rotatable bonds is 9. The average molecular weight is 458 g/mol. The molecule has 1 fully saturated rings. The molecule has 1 atom stereocenters. The Kier molecular flexibility index (Phi) is 7.94. The molecule has 1 saturated heterocycles. The highest BCUT2D eigenvalue weighted by Gasteiger charge is 2.45. The topological polar surface area (TPSA) is 76.1 Å². The highest BCUT2D eigenvalue weighted by molar-refractivity contribution is 6.46. The van der Waals surface area contributed by atoms with Crippen LogP contribution in [0.5, 0.6) is 5.75 Å². The van der Waals surface area contributed by atoms with E-state index < -0.39 is 17.7 Å². The predicted molar refractivity (Wildman–Crippen MR) is 124 cm³/mol. The van der Waals surface area contributed by atoms with Crippen LogP contribution in [0.15, 0.2) is 54.1 Å². The molecule has 6 nitrogen and oxygen atoms in total. The van der Waals surface area contributed by atoms with E-state index >= 15 is 0 Å². The lowest BCUT2D eigenvalue weighted by molar-refractivity contribution is -0.140. The summed E-state index contributed by atoms with van der Waals surface area (Å²) in [5.74, 6) is -0.903. The number of aliphatic hydroxyl groups excluding tert-OH is 1. The van der Waals surface area contributed by atoms with Crippen LogP contribution in [-0.4, -0.2) is 47.6 Å². The van der Waals surface area contributed by atoms with Gasteiger partial charge in [-0.05, 0) is 69.2 Å². The molecule has 3 rings (SSSR count). The standard InChI is InChI=1S/C25H28ClNO5/c1-4-31-20-12-8-18(9-13-20)23(28)21-22(17-6-10-19(26)11-7-17)27(25(30)24(21)29)14-5-15-32-16(2)3/h6-13,16,22,28H,4-5,14-15H2,1-3H3/b23-21-. The monoisotopic (exact) mass is 457 g/mol. The van der Waals surface area contributed by atoms with Crippen molar-refractivity contribution in [2.24, 2.45) is 0 Å². The molecule has 0 aromatic heterocycles. The first-order chi connectivity index (χ1) is 15.3. The normalized spacial score (nSPS) is 17.9. The first-order valence-corrected chi connectivity index (χ1v) is 11.1. The van der Waals surface area contributed by atoms with Crippen molar-refractivity contribution in [3.8, 4) is 5.75 Å². The fourth-order valence-electron chi connectivity index (χ4n) is 3.69. The number of halogens is 1. The van der Waals surface area contributed by atoms with Crippen molar-refractivity contribution >= 4 is 29.1 Å². The van der Waals surface area contributed by atoms with Gasteiger partial charge >= 0.3 is 0 Å². The van der Waals surface area contributed by atoms with Gasteiger partial charge in [-0.25, -0.2) is 0 Å². The van der Waals surface area contributed by atoms with Gasteiger partial charge in [-0.15, -0.1) is 0 Å².